The van der Waals surface area contributed by atoms with Gasteiger partial charge in [0.25, 0.3) is 0 Å². The van der Waals surface area contributed by atoms with Gasteiger partial charge in [0.05, 0.1) is 42.6 Å². The second kappa shape index (κ2) is 11.3. The number of alkyl halides is 3. The Morgan fingerprint density at radius 1 is 1.38 bits per heavy atom. The number of hydrogen-bond donors (Lipinski definition) is 2. The minimum atomic E-state index is -4.74. The Kier molecular flexibility index (Phi) is 8.84. The van der Waals surface area contributed by atoms with Gasteiger partial charge in [-0.3, -0.25) is 4.98 Å². The van der Waals surface area contributed by atoms with Crippen LogP contribution in [0.4, 0.5) is 13.2 Å². The first-order valence-corrected chi connectivity index (χ1v) is 12.5. The average molecular weight is 517 g/mol. The normalized spacial score (nSPS) is 21.2. The quantitative estimate of drug-likeness (QED) is 0.317. The summed E-state index contributed by atoms with van der Waals surface area (Å²) in [4.78, 5) is 4.92. The molecule has 1 aromatic rings. The molecule has 3 rings (SSSR count). The number of nitrogens with zero attached hydrogens (tertiary/aromatic N) is 2. The zero-order chi connectivity index (χ0) is 27.5. The van der Waals surface area contributed by atoms with E-state index >= 15 is 0 Å². The Morgan fingerprint density at radius 3 is 2.62 bits per heavy atom. The van der Waals surface area contributed by atoms with Gasteiger partial charge in [0.15, 0.2) is 0 Å². The predicted molar refractivity (Wildman–Crippen MR) is 136 cm³/mol. The van der Waals surface area contributed by atoms with E-state index in [1.165, 1.54) is 12.1 Å². The highest BCUT2D eigenvalue weighted by atomic mass is 19.4. The molecule has 0 aromatic carbocycles. The lowest BCUT2D eigenvalue weighted by Gasteiger charge is -2.38. The van der Waals surface area contributed by atoms with Crippen LogP contribution in [-0.2, 0) is 11.2 Å². The molecule has 1 aliphatic carbocycles. The molecule has 0 radical (unpaired) electrons. The van der Waals surface area contributed by atoms with Gasteiger partial charge in [-0.15, -0.1) is 0 Å². The van der Waals surface area contributed by atoms with Gasteiger partial charge in [-0.05, 0) is 48.2 Å². The average Bonchev–Trinajstić information content (AvgIpc) is 2.81. The summed E-state index contributed by atoms with van der Waals surface area (Å²) in [5.74, 6) is -0.0723. The number of aliphatic hydroxyl groups excluding tert-OH is 2. The number of aromatic nitrogens is 1. The summed E-state index contributed by atoms with van der Waals surface area (Å²) in [6.07, 6.45) is -0.186. The minimum Gasteiger partial charge on any atom is -0.388 e. The zero-order valence-electron chi connectivity index (χ0n) is 21.8. The second-order valence-corrected chi connectivity index (χ2v) is 10.7. The minimum absolute atomic E-state index is 0.0723. The summed E-state index contributed by atoms with van der Waals surface area (Å²) >= 11 is 0. The largest absolute Gasteiger partial charge is 0.417 e. The first kappa shape index (κ1) is 28.8. The number of allylic oxidation sites excluding steroid dienone is 4. The molecule has 1 aliphatic heterocycles. The third-order valence-corrected chi connectivity index (χ3v) is 6.83. The molecule has 2 aliphatic rings. The van der Waals surface area contributed by atoms with Crippen molar-refractivity contribution in [2.24, 2.45) is 5.41 Å². The van der Waals surface area contributed by atoms with Crippen LogP contribution in [0.1, 0.15) is 93.2 Å². The smallest absolute Gasteiger partial charge is 0.388 e. The van der Waals surface area contributed by atoms with Crippen LogP contribution in [0.5, 0.6) is 0 Å². The number of rotatable bonds is 7. The van der Waals surface area contributed by atoms with Crippen molar-refractivity contribution in [3.8, 4) is 6.07 Å². The molecule has 2 atom stereocenters. The van der Waals surface area contributed by atoms with Crippen LogP contribution in [-0.4, -0.2) is 34.6 Å². The highest BCUT2D eigenvalue weighted by Crippen LogP contribution is 2.47. The van der Waals surface area contributed by atoms with Crippen LogP contribution in [0, 0.1) is 16.7 Å². The summed E-state index contributed by atoms with van der Waals surface area (Å²) in [5.41, 5.74) is 2.54. The molecular formula is C29H35F3N2O3. The van der Waals surface area contributed by atoms with Crippen LogP contribution in [0.3, 0.4) is 0 Å². The SMILES string of the molecule is C=C/C(C#N)=C(\C=C/CC(O)c1c(C(C)C)nc2c(c1C1=CCOCC1)C(O)CC(C)(C)C2)C(F)(F)F. The van der Waals surface area contributed by atoms with E-state index in [9.17, 15) is 23.4 Å². The van der Waals surface area contributed by atoms with Crippen molar-refractivity contribution >= 4 is 5.57 Å². The number of aliphatic hydroxyl groups is 2. The number of hydrogen-bond acceptors (Lipinski definition) is 5. The van der Waals surface area contributed by atoms with Crippen molar-refractivity contribution in [2.75, 3.05) is 13.2 Å². The number of nitriles is 1. The summed E-state index contributed by atoms with van der Waals surface area (Å²) in [6, 6.07) is 1.52. The van der Waals surface area contributed by atoms with E-state index < -0.39 is 29.5 Å². The van der Waals surface area contributed by atoms with Gasteiger partial charge in [-0.1, -0.05) is 58.6 Å². The number of halogens is 3. The maximum Gasteiger partial charge on any atom is 0.417 e. The molecule has 200 valence electrons. The van der Waals surface area contributed by atoms with E-state index in [1.807, 2.05) is 19.9 Å². The Labute approximate surface area is 216 Å². The topological polar surface area (TPSA) is 86.4 Å². The molecule has 2 N–H and O–H groups in total. The van der Waals surface area contributed by atoms with Crippen molar-refractivity contribution in [1.29, 1.82) is 5.26 Å². The molecule has 2 heterocycles. The van der Waals surface area contributed by atoms with Gasteiger partial charge >= 0.3 is 6.18 Å². The monoisotopic (exact) mass is 516 g/mol. The van der Waals surface area contributed by atoms with Crippen LogP contribution >= 0.6 is 0 Å². The van der Waals surface area contributed by atoms with Crippen molar-refractivity contribution in [2.45, 2.75) is 77.7 Å². The van der Waals surface area contributed by atoms with Crippen molar-refractivity contribution in [1.82, 2.24) is 4.98 Å². The third kappa shape index (κ3) is 6.40. The highest BCUT2D eigenvalue weighted by molar-refractivity contribution is 5.74. The molecule has 0 fully saturated rings. The molecule has 1 aromatic heterocycles. The van der Waals surface area contributed by atoms with Gasteiger partial charge in [0.1, 0.15) is 0 Å². The predicted octanol–water partition coefficient (Wildman–Crippen LogP) is 6.56. The molecule has 8 heteroatoms. The van der Waals surface area contributed by atoms with E-state index in [4.69, 9.17) is 15.0 Å². The molecular weight excluding hydrogens is 481 g/mol. The fourth-order valence-electron chi connectivity index (χ4n) is 5.19. The van der Waals surface area contributed by atoms with Crippen molar-refractivity contribution in [3.63, 3.8) is 0 Å². The lowest BCUT2D eigenvalue weighted by atomic mass is 9.71. The van der Waals surface area contributed by atoms with Gasteiger partial charge in [0, 0.05) is 22.5 Å². The van der Waals surface area contributed by atoms with Crippen LogP contribution in [0.25, 0.3) is 5.57 Å². The molecule has 0 amide bonds. The van der Waals surface area contributed by atoms with Crippen molar-refractivity contribution in [3.05, 3.63) is 70.1 Å². The number of fused-ring (bicyclic) bond motifs is 1. The summed E-state index contributed by atoms with van der Waals surface area (Å²) in [5, 5.41) is 31.7. The van der Waals surface area contributed by atoms with Gasteiger partial charge in [-0.25, -0.2) is 0 Å². The maximum absolute atomic E-state index is 13.5. The van der Waals surface area contributed by atoms with E-state index in [1.54, 1.807) is 0 Å². The van der Waals surface area contributed by atoms with Gasteiger partial charge in [0.2, 0.25) is 0 Å². The molecule has 2 unspecified atom stereocenters. The lowest BCUT2D eigenvalue weighted by molar-refractivity contribution is -0.0886. The van der Waals surface area contributed by atoms with E-state index in [-0.39, 0.29) is 17.8 Å². The number of ether oxygens (including phenoxy) is 1. The van der Waals surface area contributed by atoms with Crippen LogP contribution in [0.15, 0.2) is 42.0 Å². The Balaban J connectivity index is 2.17. The van der Waals surface area contributed by atoms with Gasteiger partial charge < -0.3 is 14.9 Å². The zero-order valence-corrected chi connectivity index (χ0v) is 21.8. The van der Waals surface area contributed by atoms with E-state index in [2.05, 4.69) is 20.4 Å². The third-order valence-electron chi connectivity index (χ3n) is 6.83. The molecule has 0 bridgehead atoms. The molecule has 37 heavy (non-hydrogen) atoms. The first-order chi connectivity index (χ1) is 17.3. The van der Waals surface area contributed by atoms with Crippen LogP contribution in [0.2, 0.25) is 0 Å². The maximum atomic E-state index is 13.5. The highest BCUT2D eigenvalue weighted by Gasteiger charge is 2.38. The van der Waals surface area contributed by atoms with E-state index in [0.717, 1.165) is 29.0 Å². The van der Waals surface area contributed by atoms with Crippen LogP contribution < -0.4 is 0 Å². The van der Waals surface area contributed by atoms with E-state index in [0.29, 0.717) is 49.3 Å². The standard InChI is InChI=1S/C29H35F3N2O3/c1-6-18(16-33)20(29(30,31)32)8-7-9-22(35)26-24(19-10-12-37-13-11-19)25-21(34-27(26)17(2)3)14-28(4,5)15-23(25)36/h6-8,10,17,22-23,35-36H,1,9,11-15H2,2-5H3/b8-7-,20-18-. The molecule has 0 spiro atoms. The molecule has 5 nitrogen and oxygen atoms in total. The Morgan fingerprint density at radius 2 is 2.08 bits per heavy atom. The fourth-order valence-corrected chi connectivity index (χ4v) is 5.19. The molecule has 0 saturated carbocycles. The Bertz CT molecular complexity index is 1170. The second-order valence-electron chi connectivity index (χ2n) is 10.7. The lowest BCUT2D eigenvalue weighted by Crippen LogP contribution is -2.30. The fraction of sp³-hybridized carbons (Fsp3) is 0.517. The summed E-state index contributed by atoms with van der Waals surface area (Å²) in [7, 11) is 0. The molecule has 0 saturated heterocycles. The van der Waals surface area contributed by atoms with Gasteiger partial charge in [-0.2, -0.15) is 18.4 Å². The summed E-state index contributed by atoms with van der Waals surface area (Å²) in [6.45, 7) is 12.3. The Hall–Kier alpha value is -2.73. The first-order valence-electron chi connectivity index (χ1n) is 12.5. The summed E-state index contributed by atoms with van der Waals surface area (Å²) < 4.78 is 46.1. The van der Waals surface area contributed by atoms with Crippen molar-refractivity contribution < 1.29 is 28.1 Å². The number of pyridine rings is 1.